The Morgan fingerprint density at radius 2 is 1.76 bits per heavy atom. The van der Waals surface area contributed by atoms with E-state index >= 15 is 0 Å². The molecule has 0 bridgehead atoms. The molecule has 0 atom stereocenters. The normalized spacial score (nSPS) is 21.9. The second-order valence-corrected chi connectivity index (χ2v) is 5.80. The minimum atomic E-state index is -0.168. The Balaban J connectivity index is 1.68. The van der Waals surface area contributed by atoms with E-state index in [1.54, 1.807) is 6.07 Å². The van der Waals surface area contributed by atoms with Crippen molar-refractivity contribution >= 4 is 21.6 Å². The number of rotatable bonds is 2. The van der Waals surface area contributed by atoms with Gasteiger partial charge in [0.05, 0.1) is 0 Å². The summed E-state index contributed by atoms with van der Waals surface area (Å²) < 4.78 is 14.1. The van der Waals surface area contributed by atoms with Crippen LogP contribution < -0.4 is 4.90 Å². The second-order valence-electron chi connectivity index (χ2n) is 4.88. The lowest BCUT2D eigenvalue weighted by molar-refractivity contribution is 0.248. The fourth-order valence-electron chi connectivity index (χ4n) is 2.51. The number of piperazine rings is 1. The van der Waals surface area contributed by atoms with Crippen LogP contribution in [0.15, 0.2) is 22.7 Å². The summed E-state index contributed by atoms with van der Waals surface area (Å²) in [5.74, 6) is -0.168. The zero-order chi connectivity index (χ0) is 11.8. The fraction of sp³-hybridized carbons (Fsp3) is 0.538. The van der Waals surface area contributed by atoms with E-state index in [9.17, 15) is 4.39 Å². The molecular formula is C13H16BrFN2. The fourth-order valence-corrected chi connectivity index (χ4v) is 2.96. The van der Waals surface area contributed by atoms with Crippen LogP contribution in [-0.4, -0.2) is 37.1 Å². The van der Waals surface area contributed by atoms with E-state index < -0.39 is 0 Å². The van der Waals surface area contributed by atoms with Crippen molar-refractivity contribution in [1.82, 2.24) is 4.90 Å². The van der Waals surface area contributed by atoms with Gasteiger partial charge in [-0.05, 0) is 31.0 Å². The number of hydrogen-bond donors (Lipinski definition) is 0. The monoisotopic (exact) mass is 298 g/mol. The van der Waals surface area contributed by atoms with Crippen LogP contribution in [0, 0.1) is 5.82 Å². The lowest BCUT2D eigenvalue weighted by Gasteiger charge is -2.36. The summed E-state index contributed by atoms with van der Waals surface area (Å²) in [6.07, 6.45) is 2.73. The molecule has 1 saturated carbocycles. The molecule has 17 heavy (non-hydrogen) atoms. The van der Waals surface area contributed by atoms with Gasteiger partial charge in [-0.3, -0.25) is 4.90 Å². The zero-order valence-electron chi connectivity index (χ0n) is 9.70. The highest BCUT2D eigenvalue weighted by atomic mass is 79.9. The molecule has 0 unspecified atom stereocenters. The SMILES string of the molecule is Fc1cc(Br)cc(N2CCN(C3CC3)CC2)c1. The van der Waals surface area contributed by atoms with E-state index in [1.807, 2.05) is 6.07 Å². The van der Waals surface area contributed by atoms with Crippen LogP contribution in [0.5, 0.6) is 0 Å². The third kappa shape index (κ3) is 2.63. The van der Waals surface area contributed by atoms with E-state index in [0.717, 1.165) is 42.4 Å². The number of nitrogens with zero attached hydrogens (tertiary/aromatic N) is 2. The molecule has 92 valence electrons. The smallest absolute Gasteiger partial charge is 0.126 e. The Hall–Kier alpha value is -0.610. The molecule has 0 aromatic heterocycles. The Morgan fingerprint density at radius 3 is 2.35 bits per heavy atom. The van der Waals surface area contributed by atoms with Crippen molar-refractivity contribution in [3.05, 3.63) is 28.5 Å². The third-order valence-electron chi connectivity index (χ3n) is 3.59. The highest BCUT2D eigenvalue weighted by Gasteiger charge is 2.31. The highest BCUT2D eigenvalue weighted by molar-refractivity contribution is 9.10. The second kappa shape index (κ2) is 4.58. The van der Waals surface area contributed by atoms with Gasteiger partial charge in [0, 0.05) is 42.4 Å². The van der Waals surface area contributed by atoms with E-state index in [0.29, 0.717) is 0 Å². The maximum atomic E-state index is 13.3. The summed E-state index contributed by atoms with van der Waals surface area (Å²) in [6, 6.07) is 5.97. The summed E-state index contributed by atoms with van der Waals surface area (Å²) in [4.78, 5) is 4.83. The number of hydrogen-bond acceptors (Lipinski definition) is 2. The molecular weight excluding hydrogens is 283 g/mol. The van der Waals surface area contributed by atoms with Gasteiger partial charge < -0.3 is 4.90 Å². The molecule has 1 aliphatic heterocycles. The van der Waals surface area contributed by atoms with Crippen LogP contribution in [0.2, 0.25) is 0 Å². The van der Waals surface area contributed by atoms with Crippen molar-refractivity contribution < 1.29 is 4.39 Å². The predicted molar refractivity (Wildman–Crippen MR) is 70.9 cm³/mol. The van der Waals surface area contributed by atoms with Gasteiger partial charge in [-0.25, -0.2) is 4.39 Å². The minimum absolute atomic E-state index is 0.168. The van der Waals surface area contributed by atoms with E-state index in [2.05, 4.69) is 25.7 Å². The first-order chi connectivity index (χ1) is 8.22. The van der Waals surface area contributed by atoms with Crippen LogP contribution in [0.1, 0.15) is 12.8 Å². The number of halogens is 2. The Morgan fingerprint density at radius 1 is 1.06 bits per heavy atom. The van der Waals surface area contributed by atoms with Crippen LogP contribution in [0.4, 0.5) is 10.1 Å². The van der Waals surface area contributed by atoms with Gasteiger partial charge >= 0.3 is 0 Å². The van der Waals surface area contributed by atoms with Gasteiger partial charge in [0.15, 0.2) is 0 Å². The Kier molecular flexibility index (Phi) is 3.09. The minimum Gasteiger partial charge on any atom is -0.369 e. The van der Waals surface area contributed by atoms with E-state index in [-0.39, 0.29) is 5.82 Å². The van der Waals surface area contributed by atoms with Crippen LogP contribution in [0.25, 0.3) is 0 Å². The first-order valence-corrected chi connectivity index (χ1v) is 6.97. The average molecular weight is 299 g/mol. The lowest BCUT2D eigenvalue weighted by atomic mass is 10.2. The zero-order valence-corrected chi connectivity index (χ0v) is 11.3. The molecule has 2 fully saturated rings. The molecule has 0 amide bonds. The number of benzene rings is 1. The summed E-state index contributed by atoms with van der Waals surface area (Å²) in [7, 11) is 0. The lowest BCUT2D eigenvalue weighted by Crippen LogP contribution is -2.47. The summed E-state index contributed by atoms with van der Waals surface area (Å²) in [5, 5.41) is 0. The van der Waals surface area contributed by atoms with Crippen LogP contribution >= 0.6 is 15.9 Å². The molecule has 0 N–H and O–H groups in total. The molecule has 0 spiro atoms. The Labute approximate surface area is 110 Å². The van der Waals surface area contributed by atoms with Crippen molar-refractivity contribution in [2.24, 2.45) is 0 Å². The summed E-state index contributed by atoms with van der Waals surface area (Å²) in [5.41, 5.74) is 0.993. The largest absolute Gasteiger partial charge is 0.369 e. The van der Waals surface area contributed by atoms with Crippen LogP contribution in [0.3, 0.4) is 0 Å². The number of anilines is 1. The van der Waals surface area contributed by atoms with Crippen molar-refractivity contribution in [3.8, 4) is 0 Å². The standard InChI is InChI=1S/C13H16BrFN2/c14-10-7-11(15)9-13(8-10)17-5-3-16(4-6-17)12-1-2-12/h7-9,12H,1-6H2. The molecule has 4 heteroatoms. The van der Waals surface area contributed by atoms with Gasteiger partial charge in [0.25, 0.3) is 0 Å². The molecule has 1 aromatic carbocycles. The first-order valence-electron chi connectivity index (χ1n) is 6.17. The summed E-state index contributed by atoms with van der Waals surface area (Å²) in [6.45, 7) is 4.23. The molecule has 2 aliphatic rings. The van der Waals surface area contributed by atoms with Gasteiger partial charge in [-0.1, -0.05) is 15.9 Å². The summed E-state index contributed by atoms with van der Waals surface area (Å²) >= 11 is 3.35. The quantitative estimate of drug-likeness (QED) is 0.828. The Bertz CT molecular complexity index is 392. The topological polar surface area (TPSA) is 6.48 Å². The van der Waals surface area contributed by atoms with Crippen molar-refractivity contribution in [2.75, 3.05) is 31.1 Å². The molecule has 1 heterocycles. The maximum absolute atomic E-state index is 13.3. The highest BCUT2D eigenvalue weighted by Crippen LogP contribution is 2.29. The molecule has 1 aromatic rings. The molecule has 1 saturated heterocycles. The van der Waals surface area contributed by atoms with Crippen LogP contribution in [-0.2, 0) is 0 Å². The maximum Gasteiger partial charge on any atom is 0.126 e. The van der Waals surface area contributed by atoms with Gasteiger partial charge in [0.1, 0.15) is 5.82 Å². The van der Waals surface area contributed by atoms with E-state index in [4.69, 9.17) is 0 Å². The molecule has 0 radical (unpaired) electrons. The van der Waals surface area contributed by atoms with Gasteiger partial charge in [-0.2, -0.15) is 0 Å². The first kappa shape index (κ1) is 11.5. The van der Waals surface area contributed by atoms with Crippen molar-refractivity contribution in [3.63, 3.8) is 0 Å². The van der Waals surface area contributed by atoms with Crippen molar-refractivity contribution in [1.29, 1.82) is 0 Å². The molecule has 3 rings (SSSR count). The van der Waals surface area contributed by atoms with E-state index in [1.165, 1.54) is 18.9 Å². The van der Waals surface area contributed by atoms with Gasteiger partial charge in [-0.15, -0.1) is 0 Å². The molecule has 2 nitrogen and oxygen atoms in total. The van der Waals surface area contributed by atoms with Crippen molar-refractivity contribution in [2.45, 2.75) is 18.9 Å². The van der Waals surface area contributed by atoms with Gasteiger partial charge in [0.2, 0.25) is 0 Å². The third-order valence-corrected chi connectivity index (χ3v) is 4.05. The average Bonchev–Trinajstić information content (AvgIpc) is 3.12. The molecule has 1 aliphatic carbocycles. The predicted octanol–water partition coefficient (Wildman–Crippen LogP) is 2.87.